The average Bonchev–Trinajstić information content (AvgIpc) is 3.06. The van der Waals surface area contributed by atoms with Crippen molar-refractivity contribution >= 4 is 16.9 Å². The zero-order valence-electron chi connectivity index (χ0n) is 17.0. The van der Waals surface area contributed by atoms with Crippen LogP contribution in [0.2, 0.25) is 0 Å². The third-order valence-corrected chi connectivity index (χ3v) is 5.09. The number of fused-ring (bicyclic) bond motifs is 1. The Morgan fingerprint density at radius 2 is 1.93 bits per heavy atom. The summed E-state index contributed by atoms with van der Waals surface area (Å²) < 4.78 is 8.18. The van der Waals surface area contributed by atoms with E-state index < -0.39 is 0 Å². The average molecular weight is 380 g/mol. The molecule has 1 heterocycles. The summed E-state index contributed by atoms with van der Waals surface area (Å²) in [5.74, 6) is 1.91. The van der Waals surface area contributed by atoms with Crippen LogP contribution in [-0.2, 0) is 17.9 Å². The molecule has 0 saturated carbocycles. The van der Waals surface area contributed by atoms with Crippen molar-refractivity contribution in [3.63, 3.8) is 0 Å². The highest BCUT2D eigenvalue weighted by Gasteiger charge is 2.11. The topological polar surface area (TPSA) is 56.2 Å². The number of aromatic nitrogens is 2. The van der Waals surface area contributed by atoms with Crippen LogP contribution in [0.15, 0.2) is 42.5 Å². The minimum Gasteiger partial charge on any atom is -0.493 e. The highest BCUT2D eigenvalue weighted by atomic mass is 16.5. The fraction of sp³-hybridized carbons (Fsp3) is 0.391. The first kappa shape index (κ1) is 19.9. The van der Waals surface area contributed by atoms with Crippen molar-refractivity contribution in [2.24, 2.45) is 0 Å². The number of carbonyl (C=O) groups excluding carboxylic acids is 1. The zero-order valence-corrected chi connectivity index (χ0v) is 17.0. The van der Waals surface area contributed by atoms with Crippen molar-refractivity contribution in [2.75, 3.05) is 6.61 Å². The monoisotopic (exact) mass is 379 g/mol. The molecule has 0 saturated heterocycles. The van der Waals surface area contributed by atoms with Crippen LogP contribution in [0.25, 0.3) is 11.0 Å². The highest BCUT2D eigenvalue weighted by Crippen LogP contribution is 2.21. The number of para-hydroxylation sites is 2. The third-order valence-electron chi connectivity index (χ3n) is 5.09. The number of aryl methyl sites for hydroxylation is 2. The predicted octanol–water partition coefficient (Wildman–Crippen LogP) is 4.54. The minimum atomic E-state index is 0.0422. The van der Waals surface area contributed by atoms with Gasteiger partial charge in [0.15, 0.2) is 0 Å². The largest absolute Gasteiger partial charge is 0.493 e. The first-order valence-corrected chi connectivity index (χ1v) is 10.00. The molecule has 0 unspecified atom stereocenters. The summed E-state index contributed by atoms with van der Waals surface area (Å²) in [6.45, 7) is 8.06. The van der Waals surface area contributed by atoms with E-state index in [1.165, 1.54) is 11.1 Å². The van der Waals surface area contributed by atoms with E-state index >= 15 is 0 Å². The van der Waals surface area contributed by atoms with Gasteiger partial charge in [0.05, 0.1) is 24.2 Å². The highest BCUT2D eigenvalue weighted by molar-refractivity contribution is 5.77. The van der Waals surface area contributed by atoms with Crippen molar-refractivity contribution < 1.29 is 9.53 Å². The molecule has 0 aliphatic rings. The maximum Gasteiger partial charge on any atom is 0.220 e. The molecule has 0 atom stereocenters. The van der Waals surface area contributed by atoms with Gasteiger partial charge in [-0.2, -0.15) is 0 Å². The van der Waals surface area contributed by atoms with Crippen LogP contribution in [0, 0.1) is 13.8 Å². The number of imidazole rings is 1. The summed E-state index contributed by atoms with van der Waals surface area (Å²) in [6.07, 6.45) is 2.43. The van der Waals surface area contributed by atoms with E-state index in [0.717, 1.165) is 42.0 Å². The van der Waals surface area contributed by atoms with Gasteiger partial charge in [-0.05, 0) is 56.0 Å². The number of hydrogen-bond acceptors (Lipinski definition) is 3. The van der Waals surface area contributed by atoms with E-state index in [4.69, 9.17) is 9.72 Å². The molecule has 28 heavy (non-hydrogen) atoms. The second-order valence-electron chi connectivity index (χ2n) is 7.05. The molecule has 0 fully saturated rings. The second-order valence-corrected chi connectivity index (χ2v) is 7.05. The number of ether oxygens (including phenoxy) is 1. The van der Waals surface area contributed by atoms with Crippen LogP contribution in [-0.4, -0.2) is 22.1 Å². The quantitative estimate of drug-likeness (QED) is 0.555. The fourth-order valence-corrected chi connectivity index (χ4v) is 3.25. The molecule has 3 rings (SSSR count). The van der Waals surface area contributed by atoms with Gasteiger partial charge in [-0.3, -0.25) is 4.79 Å². The van der Waals surface area contributed by atoms with E-state index in [1.807, 2.05) is 37.3 Å². The van der Waals surface area contributed by atoms with E-state index in [-0.39, 0.29) is 5.91 Å². The lowest BCUT2D eigenvalue weighted by Gasteiger charge is -2.12. The second kappa shape index (κ2) is 9.40. The summed E-state index contributed by atoms with van der Waals surface area (Å²) in [4.78, 5) is 16.3. The van der Waals surface area contributed by atoms with E-state index in [9.17, 15) is 4.79 Å². The Morgan fingerprint density at radius 1 is 1.11 bits per heavy atom. The molecule has 1 amide bonds. The van der Waals surface area contributed by atoms with Crippen LogP contribution in [0.4, 0.5) is 0 Å². The molecular formula is C23H29N3O2. The summed E-state index contributed by atoms with van der Waals surface area (Å²) in [5, 5.41) is 2.94. The molecule has 2 aromatic carbocycles. The molecule has 1 aromatic heterocycles. The Bertz CT molecular complexity index is 946. The Kier molecular flexibility index (Phi) is 6.69. The molecule has 5 nitrogen and oxygen atoms in total. The van der Waals surface area contributed by atoms with Gasteiger partial charge in [-0.15, -0.1) is 0 Å². The standard InChI is InChI=1S/C23H29N3O2/c1-4-23(27)24-16-22-25-19-11-5-6-12-20(19)26(22)14-7-8-15-28-21-13-9-10-17(2)18(21)3/h5-6,9-13H,4,7-8,14-16H2,1-3H3,(H,24,27). The van der Waals surface area contributed by atoms with Crippen LogP contribution in [0.1, 0.15) is 43.1 Å². The number of unbranched alkanes of at least 4 members (excludes halogenated alkanes) is 1. The lowest BCUT2D eigenvalue weighted by Crippen LogP contribution is -2.23. The molecule has 0 aliphatic carbocycles. The van der Waals surface area contributed by atoms with Crippen LogP contribution >= 0.6 is 0 Å². The van der Waals surface area contributed by atoms with Gasteiger partial charge in [0.2, 0.25) is 5.91 Å². The Labute approximate surface area is 166 Å². The lowest BCUT2D eigenvalue weighted by molar-refractivity contribution is -0.120. The minimum absolute atomic E-state index is 0.0422. The number of rotatable bonds is 9. The van der Waals surface area contributed by atoms with Gasteiger partial charge in [-0.1, -0.05) is 31.2 Å². The van der Waals surface area contributed by atoms with Gasteiger partial charge < -0.3 is 14.6 Å². The molecule has 148 valence electrons. The number of nitrogens with one attached hydrogen (secondary N) is 1. The smallest absolute Gasteiger partial charge is 0.220 e. The Balaban J connectivity index is 1.60. The number of benzene rings is 2. The van der Waals surface area contributed by atoms with Gasteiger partial charge in [0.1, 0.15) is 11.6 Å². The summed E-state index contributed by atoms with van der Waals surface area (Å²) >= 11 is 0. The van der Waals surface area contributed by atoms with Gasteiger partial charge in [0, 0.05) is 13.0 Å². The summed E-state index contributed by atoms with van der Waals surface area (Å²) in [5.41, 5.74) is 4.53. The number of amides is 1. The molecule has 0 radical (unpaired) electrons. The molecular weight excluding hydrogens is 350 g/mol. The van der Waals surface area contributed by atoms with Gasteiger partial charge in [0.25, 0.3) is 0 Å². The van der Waals surface area contributed by atoms with Crippen molar-refractivity contribution in [3.05, 3.63) is 59.4 Å². The maximum atomic E-state index is 11.6. The van der Waals surface area contributed by atoms with Crippen LogP contribution in [0.5, 0.6) is 5.75 Å². The number of hydrogen-bond donors (Lipinski definition) is 1. The first-order chi connectivity index (χ1) is 13.6. The predicted molar refractivity (Wildman–Crippen MR) is 113 cm³/mol. The number of carbonyl (C=O) groups is 1. The van der Waals surface area contributed by atoms with Crippen LogP contribution in [0.3, 0.4) is 0 Å². The van der Waals surface area contributed by atoms with E-state index in [0.29, 0.717) is 19.6 Å². The Morgan fingerprint density at radius 3 is 2.75 bits per heavy atom. The van der Waals surface area contributed by atoms with Gasteiger partial charge in [-0.25, -0.2) is 4.98 Å². The molecule has 1 N–H and O–H groups in total. The van der Waals surface area contributed by atoms with Crippen molar-refractivity contribution in [2.45, 2.75) is 53.1 Å². The molecule has 0 spiro atoms. The normalized spacial score (nSPS) is 11.0. The molecule has 0 bridgehead atoms. The number of nitrogens with zero attached hydrogens (tertiary/aromatic N) is 2. The summed E-state index contributed by atoms with van der Waals surface area (Å²) in [6, 6.07) is 14.3. The van der Waals surface area contributed by atoms with Gasteiger partial charge >= 0.3 is 0 Å². The molecule has 5 heteroatoms. The summed E-state index contributed by atoms with van der Waals surface area (Å²) in [7, 11) is 0. The van der Waals surface area contributed by atoms with Crippen molar-refractivity contribution in [1.82, 2.24) is 14.9 Å². The van der Waals surface area contributed by atoms with E-state index in [2.05, 4.69) is 35.9 Å². The zero-order chi connectivity index (χ0) is 19.9. The first-order valence-electron chi connectivity index (χ1n) is 10.00. The molecule has 0 aliphatic heterocycles. The lowest BCUT2D eigenvalue weighted by atomic mass is 10.1. The SMILES string of the molecule is CCC(=O)NCc1nc2ccccc2n1CCCCOc1cccc(C)c1C. The maximum absolute atomic E-state index is 11.6. The van der Waals surface area contributed by atoms with E-state index in [1.54, 1.807) is 0 Å². The van der Waals surface area contributed by atoms with Crippen molar-refractivity contribution in [3.8, 4) is 5.75 Å². The van der Waals surface area contributed by atoms with Crippen molar-refractivity contribution in [1.29, 1.82) is 0 Å². The fourth-order valence-electron chi connectivity index (χ4n) is 3.25. The molecule has 3 aromatic rings. The third kappa shape index (κ3) is 4.71. The van der Waals surface area contributed by atoms with Crippen LogP contribution < -0.4 is 10.1 Å². The Hall–Kier alpha value is -2.82.